The van der Waals surface area contributed by atoms with Crippen molar-refractivity contribution in [2.24, 2.45) is 0 Å². The molecular weight excluding hydrogens is 440 g/mol. The molecule has 1 fully saturated rings. The van der Waals surface area contributed by atoms with E-state index in [2.05, 4.69) is 0 Å². The number of amides is 1. The van der Waals surface area contributed by atoms with E-state index in [-0.39, 0.29) is 10.9 Å². The lowest BCUT2D eigenvalue weighted by Gasteiger charge is -2.14. The summed E-state index contributed by atoms with van der Waals surface area (Å²) in [4.78, 5) is 14.5. The van der Waals surface area contributed by atoms with E-state index in [0.29, 0.717) is 31.5 Å². The van der Waals surface area contributed by atoms with E-state index in [1.54, 1.807) is 24.3 Å². The van der Waals surface area contributed by atoms with E-state index >= 15 is 0 Å². The maximum Gasteiger partial charge on any atom is 0.270 e. The monoisotopic (exact) mass is 449 g/mol. The van der Waals surface area contributed by atoms with Gasteiger partial charge in [0.05, 0.1) is 15.6 Å². The van der Waals surface area contributed by atoms with Crippen molar-refractivity contribution in [1.82, 2.24) is 0 Å². The molecule has 0 bridgehead atoms. The zero-order chi connectivity index (χ0) is 19.8. The van der Waals surface area contributed by atoms with E-state index < -0.39 is 5.82 Å². The number of carbonyl (C=O) groups is 1. The molecule has 0 spiro atoms. The molecule has 1 aliphatic rings. The van der Waals surface area contributed by atoms with Crippen LogP contribution in [0.4, 0.5) is 10.1 Å². The summed E-state index contributed by atoms with van der Waals surface area (Å²) in [7, 11) is 0. The number of benzene rings is 2. The van der Waals surface area contributed by atoms with Crippen molar-refractivity contribution in [3.05, 3.63) is 81.1 Å². The van der Waals surface area contributed by atoms with E-state index in [0.717, 1.165) is 17.3 Å². The fourth-order valence-electron chi connectivity index (χ4n) is 2.64. The highest BCUT2D eigenvalue weighted by molar-refractivity contribution is 8.27. The second-order valence-corrected chi connectivity index (χ2v) is 8.34. The third-order valence-electron chi connectivity index (χ3n) is 3.98. The van der Waals surface area contributed by atoms with E-state index in [9.17, 15) is 9.18 Å². The van der Waals surface area contributed by atoms with Crippen molar-refractivity contribution < 1.29 is 13.6 Å². The smallest absolute Gasteiger partial charge is 0.270 e. The molecule has 2 aromatic carbocycles. The number of thiocarbonyl (C=S) groups is 1. The van der Waals surface area contributed by atoms with Gasteiger partial charge >= 0.3 is 0 Å². The molecule has 1 amide bonds. The van der Waals surface area contributed by atoms with Gasteiger partial charge in [-0.05, 0) is 54.6 Å². The van der Waals surface area contributed by atoms with Crippen molar-refractivity contribution in [2.75, 3.05) is 4.90 Å². The van der Waals surface area contributed by atoms with Crippen LogP contribution in [0.1, 0.15) is 5.76 Å². The molecule has 1 saturated heterocycles. The Hall–Kier alpha value is -2.12. The highest BCUT2D eigenvalue weighted by Gasteiger charge is 2.33. The minimum Gasteiger partial charge on any atom is -0.457 e. The van der Waals surface area contributed by atoms with Crippen LogP contribution in [-0.4, -0.2) is 10.2 Å². The van der Waals surface area contributed by atoms with Crippen molar-refractivity contribution in [2.45, 2.75) is 0 Å². The number of furan rings is 1. The van der Waals surface area contributed by atoms with Crippen LogP contribution in [0.5, 0.6) is 0 Å². The maximum absolute atomic E-state index is 13.4. The first-order valence-corrected chi connectivity index (χ1v) is 9.99. The Bertz CT molecular complexity index is 1130. The summed E-state index contributed by atoms with van der Waals surface area (Å²) in [5, 5.41) is 0.564. The summed E-state index contributed by atoms with van der Waals surface area (Å²) in [6.07, 6.45) is 1.63. The van der Waals surface area contributed by atoms with E-state index in [4.69, 9.17) is 39.8 Å². The second-order valence-electron chi connectivity index (χ2n) is 5.82. The SMILES string of the molecule is O=C1/C(=C\c2ccc(-c3ccc(Cl)cc3)o2)SC(=S)N1c1ccc(F)c(Cl)c1. The van der Waals surface area contributed by atoms with Crippen molar-refractivity contribution >= 4 is 69.2 Å². The van der Waals surface area contributed by atoms with Crippen LogP contribution < -0.4 is 4.90 Å². The van der Waals surface area contributed by atoms with Crippen LogP contribution in [0.15, 0.2) is 63.9 Å². The Morgan fingerprint density at radius 2 is 1.82 bits per heavy atom. The fraction of sp³-hybridized carbons (Fsp3) is 0. The molecule has 3 aromatic rings. The zero-order valence-corrected chi connectivity index (χ0v) is 17.1. The highest BCUT2D eigenvalue weighted by Crippen LogP contribution is 2.37. The molecule has 0 saturated carbocycles. The van der Waals surface area contributed by atoms with Crippen LogP contribution in [0.25, 0.3) is 17.4 Å². The van der Waals surface area contributed by atoms with Gasteiger partial charge in [-0.1, -0.05) is 47.2 Å². The minimum atomic E-state index is -0.559. The Morgan fingerprint density at radius 3 is 2.54 bits per heavy atom. The van der Waals surface area contributed by atoms with Gasteiger partial charge in [-0.25, -0.2) is 4.39 Å². The maximum atomic E-state index is 13.4. The number of nitrogens with zero attached hydrogens (tertiary/aromatic N) is 1. The summed E-state index contributed by atoms with van der Waals surface area (Å²) in [6, 6.07) is 14.9. The third-order valence-corrected chi connectivity index (χ3v) is 5.83. The predicted molar refractivity (Wildman–Crippen MR) is 116 cm³/mol. The Kier molecular flexibility index (Phi) is 5.29. The lowest BCUT2D eigenvalue weighted by molar-refractivity contribution is -0.113. The molecule has 1 aliphatic heterocycles. The van der Waals surface area contributed by atoms with Crippen molar-refractivity contribution in [1.29, 1.82) is 0 Å². The van der Waals surface area contributed by atoms with E-state index in [1.165, 1.54) is 23.1 Å². The molecule has 0 aliphatic carbocycles. The highest BCUT2D eigenvalue weighted by atomic mass is 35.5. The summed E-state index contributed by atoms with van der Waals surface area (Å²) in [5.74, 6) is 0.296. The van der Waals surface area contributed by atoms with Gasteiger partial charge < -0.3 is 4.42 Å². The van der Waals surface area contributed by atoms with Gasteiger partial charge in [0.15, 0.2) is 4.32 Å². The first kappa shape index (κ1) is 19.2. The number of anilines is 1. The lowest BCUT2D eigenvalue weighted by atomic mass is 10.2. The first-order valence-electron chi connectivity index (χ1n) is 8.01. The van der Waals surface area contributed by atoms with Gasteiger partial charge in [0.1, 0.15) is 17.3 Å². The summed E-state index contributed by atoms with van der Waals surface area (Å²) in [5.41, 5.74) is 1.29. The summed E-state index contributed by atoms with van der Waals surface area (Å²) >= 11 is 18.2. The Labute approximate surface area is 179 Å². The quantitative estimate of drug-likeness (QED) is 0.325. The molecule has 1 aromatic heterocycles. The molecule has 140 valence electrons. The van der Waals surface area contributed by atoms with E-state index in [1.807, 2.05) is 18.2 Å². The average molecular weight is 450 g/mol. The molecule has 4 rings (SSSR count). The summed E-state index contributed by atoms with van der Waals surface area (Å²) in [6.45, 7) is 0. The van der Waals surface area contributed by atoms with Gasteiger partial charge in [-0.2, -0.15) is 0 Å². The molecular formula is C20H10Cl2FNO2S2. The summed E-state index contributed by atoms with van der Waals surface area (Å²) < 4.78 is 19.6. The molecule has 0 atom stereocenters. The molecule has 8 heteroatoms. The zero-order valence-electron chi connectivity index (χ0n) is 14.0. The number of hydrogen-bond acceptors (Lipinski definition) is 4. The standard InChI is InChI=1S/C20H10Cl2FNO2S2/c21-12-3-1-11(2-4-12)17-8-6-14(26-17)10-18-19(25)24(20(27)28-18)13-5-7-16(23)15(22)9-13/h1-10H/b18-10+. The normalized spacial score (nSPS) is 15.7. The topological polar surface area (TPSA) is 33.5 Å². The van der Waals surface area contributed by atoms with Crippen LogP contribution in [0, 0.1) is 5.82 Å². The van der Waals surface area contributed by atoms with Gasteiger partial charge in [0, 0.05) is 16.7 Å². The molecule has 0 N–H and O–H groups in total. The lowest BCUT2D eigenvalue weighted by Crippen LogP contribution is -2.27. The molecule has 28 heavy (non-hydrogen) atoms. The van der Waals surface area contributed by atoms with Crippen molar-refractivity contribution in [3.63, 3.8) is 0 Å². The van der Waals surface area contributed by atoms with Gasteiger partial charge in [-0.3, -0.25) is 9.69 Å². The largest absolute Gasteiger partial charge is 0.457 e. The molecule has 3 nitrogen and oxygen atoms in total. The van der Waals surface area contributed by atoms with Crippen LogP contribution >= 0.6 is 47.2 Å². The van der Waals surface area contributed by atoms with Gasteiger partial charge in [0.25, 0.3) is 5.91 Å². The molecule has 0 radical (unpaired) electrons. The number of rotatable bonds is 3. The third kappa shape index (κ3) is 3.73. The van der Waals surface area contributed by atoms with Crippen LogP contribution in [0.3, 0.4) is 0 Å². The van der Waals surface area contributed by atoms with Crippen molar-refractivity contribution in [3.8, 4) is 11.3 Å². The number of halogens is 3. The minimum absolute atomic E-state index is 0.0748. The number of carbonyl (C=O) groups excluding carboxylic acids is 1. The average Bonchev–Trinajstić information content (AvgIpc) is 3.23. The Morgan fingerprint density at radius 1 is 1.07 bits per heavy atom. The Balaban J connectivity index is 1.61. The first-order chi connectivity index (χ1) is 13.4. The fourth-order valence-corrected chi connectivity index (χ4v) is 4.22. The van der Waals surface area contributed by atoms with Crippen LogP contribution in [0.2, 0.25) is 10.0 Å². The number of hydrogen-bond donors (Lipinski definition) is 0. The van der Waals surface area contributed by atoms with Gasteiger partial charge in [-0.15, -0.1) is 0 Å². The van der Waals surface area contributed by atoms with Gasteiger partial charge in [0.2, 0.25) is 0 Å². The van der Waals surface area contributed by atoms with Crippen LogP contribution in [-0.2, 0) is 4.79 Å². The second kappa shape index (κ2) is 7.72. The predicted octanol–water partition coefficient (Wildman–Crippen LogP) is 6.80. The number of thioether (sulfide) groups is 1. The molecule has 0 unspecified atom stereocenters. The molecule has 2 heterocycles.